The maximum atomic E-state index is 13.0. The Morgan fingerprint density at radius 3 is 2.78 bits per heavy atom. The topological polar surface area (TPSA) is 101 Å². The quantitative estimate of drug-likeness (QED) is 0.113. The summed E-state index contributed by atoms with van der Waals surface area (Å²) in [5, 5.41) is 23.2. The van der Waals surface area contributed by atoms with Crippen LogP contribution in [0.4, 0.5) is 0 Å². The lowest BCUT2D eigenvalue weighted by Crippen LogP contribution is -2.31. The van der Waals surface area contributed by atoms with E-state index in [2.05, 4.69) is 16.6 Å². The average molecular weight is 531 g/mol. The SMILES string of the molecule is CC1(C)C(=O)[C@H](CC#CCCCC(=O)OC=O)[C@@H](/C=C/C(O)CCc2sc3ccccc3c2Cl)[C@@H]1O. The van der Waals surface area contributed by atoms with E-state index in [-0.39, 0.29) is 25.1 Å². The van der Waals surface area contributed by atoms with Gasteiger partial charge in [0, 0.05) is 46.1 Å². The maximum absolute atomic E-state index is 13.0. The summed E-state index contributed by atoms with van der Waals surface area (Å²) in [4.78, 5) is 35.3. The fourth-order valence-electron chi connectivity index (χ4n) is 4.53. The number of rotatable bonds is 10. The molecule has 36 heavy (non-hydrogen) atoms. The number of hydrogen-bond acceptors (Lipinski definition) is 7. The van der Waals surface area contributed by atoms with Gasteiger partial charge in [-0.05, 0) is 25.3 Å². The van der Waals surface area contributed by atoms with Gasteiger partial charge in [-0.15, -0.1) is 23.2 Å². The summed E-state index contributed by atoms with van der Waals surface area (Å²) < 4.78 is 5.34. The van der Waals surface area contributed by atoms with Gasteiger partial charge in [0.25, 0.3) is 0 Å². The number of halogens is 1. The Morgan fingerprint density at radius 2 is 2.06 bits per heavy atom. The second-order valence-electron chi connectivity index (χ2n) is 9.54. The zero-order valence-electron chi connectivity index (χ0n) is 20.4. The number of hydrogen-bond donors (Lipinski definition) is 2. The molecule has 3 rings (SSSR count). The minimum Gasteiger partial charge on any atom is -0.395 e. The summed E-state index contributed by atoms with van der Waals surface area (Å²) in [6.45, 7) is 3.57. The van der Waals surface area contributed by atoms with Crippen LogP contribution in [0.3, 0.4) is 0 Å². The molecule has 1 heterocycles. The standard InChI is InChI=1S/C28H31ClO6S/c1-28(2)26(33)19(9-5-3-4-6-12-24(32)35-17-30)20(27(28)34)15-13-18(31)14-16-23-25(29)21-10-7-8-11-22(21)36-23/h7-8,10-11,13,15,17-20,27,31,34H,4,6,9,12,14,16H2,1-2H3/b15-13+/t18?,19-,20-,27+/m1/s1. The molecule has 8 heteroatoms. The van der Waals surface area contributed by atoms with Crippen molar-refractivity contribution in [3.63, 3.8) is 0 Å². The van der Waals surface area contributed by atoms with Gasteiger partial charge >= 0.3 is 12.4 Å². The van der Waals surface area contributed by atoms with Crippen molar-refractivity contribution in [2.24, 2.45) is 17.3 Å². The highest BCUT2D eigenvalue weighted by Crippen LogP contribution is 2.44. The van der Waals surface area contributed by atoms with Crippen molar-refractivity contribution in [3.05, 3.63) is 46.3 Å². The number of Topliss-reactive ketones (excluding diaryl/α,β-unsaturated/α-hetero) is 1. The number of unbranched alkanes of at least 4 members (excludes halogenated alkanes) is 1. The Hall–Kier alpha value is -2.50. The number of esters is 1. The predicted octanol–water partition coefficient (Wildman–Crippen LogP) is 4.87. The Morgan fingerprint density at radius 1 is 1.31 bits per heavy atom. The van der Waals surface area contributed by atoms with E-state index >= 15 is 0 Å². The average Bonchev–Trinajstić information content (AvgIpc) is 3.25. The molecule has 1 unspecified atom stereocenters. The van der Waals surface area contributed by atoms with Crippen molar-refractivity contribution >= 4 is 51.2 Å². The molecular weight excluding hydrogens is 500 g/mol. The largest absolute Gasteiger partial charge is 0.395 e. The van der Waals surface area contributed by atoms with Crippen LogP contribution < -0.4 is 0 Å². The molecule has 1 aliphatic carbocycles. The number of aliphatic hydroxyl groups excluding tert-OH is 2. The number of aliphatic hydroxyl groups is 2. The second-order valence-corrected chi connectivity index (χ2v) is 11.1. The smallest absolute Gasteiger partial charge is 0.313 e. The molecule has 1 aliphatic rings. The Bertz CT molecular complexity index is 1190. The molecule has 192 valence electrons. The van der Waals surface area contributed by atoms with Gasteiger partial charge in [0.15, 0.2) is 0 Å². The molecule has 2 aromatic rings. The van der Waals surface area contributed by atoms with Gasteiger partial charge in [0.2, 0.25) is 0 Å². The van der Waals surface area contributed by atoms with Crippen LogP contribution in [0.25, 0.3) is 10.1 Å². The van der Waals surface area contributed by atoms with Gasteiger partial charge in [-0.2, -0.15) is 0 Å². The summed E-state index contributed by atoms with van der Waals surface area (Å²) in [6.07, 6.45) is 4.13. The molecule has 0 aliphatic heterocycles. The van der Waals surface area contributed by atoms with Crippen LogP contribution in [0.2, 0.25) is 5.02 Å². The van der Waals surface area contributed by atoms with Crippen molar-refractivity contribution in [2.45, 2.75) is 64.6 Å². The Kier molecular flexibility index (Phi) is 9.86. The molecule has 0 radical (unpaired) electrons. The van der Waals surface area contributed by atoms with Gasteiger partial charge in [-0.1, -0.05) is 55.8 Å². The van der Waals surface area contributed by atoms with Crippen molar-refractivity contribution in [1.82, 2.24) is 0 Å². The van der Waals surface area contributed by atoms with E-state index in [0.717, 1.165) is 20.0 Å². The van der Waals surface area contributed by atoms with Crippen LogP contribution >= 0.6 is 22.9 Å². The summed E-state index contributed by atoms with van der Waals surface area (Å²) in [6, 6.07) is 7.93. The first-order chi connectivity index (χ1) is 17.2. The number of carbonyl (C=O) groups excluding carboxylic acids is 3. The molecule has 4 atom stereocenters. The lowest BCUT2D eigenvalue weighted by Gasteiger charge is -2.22. The first kappa shape index (κ1) is 28.1. The molecule has 0 saturated heterocycles. The molecule has 2 N–H and O–H groups in total. The Balaban J connectivity index is 1.59. The number of ketones is 1. The zero-order chi connectivity index (χ0) is 26.3. The first-order valence-corrected chi connectivity index (χ1v) is 13.2. The lowest BCUT2D eigenvalue weighted by molar-refractivity contribution is -0.151. The van der Waals surface area contributed by atoms with Gasteiger partial charge in [-0.25, -0.2) is 0 Å². The van der Waals surface area contributed by atoms with E-state index in [1.54, 1.807) is 37.3 Å². The van der Waals surface area contributed by atoms with Gasteiger partial charge in [0.05, 0.1) is 22.6 Å². The lowest BCUT2D eigenvalue weighted by atomic mass is 9.86. The van der Waals surface area contributed by atoms with Crippen LogP contribution in [-0.2, 0) is 25.5 Å². The Labute approximate surface area is 220 Å². The highest BCUT2D eigenvalue weighted by atomic mass is 35.5. The first-order valence-electron chi connectivity index (χ1n) is 12.0. The van der Waals surface area contributed by atoms with Crippen molar-refractivity contribution < 1.29 is 29.3 Å². The monoisotopic (exact) mass is 530 g/mol. The maximum Gasteiger partial charge on any atom is 0.313 e. The molecule has 0 amide bonds. The number of thiophene rings is 1. The molecule has 0 spiro atoms. The zero-order valence-corrected chi connectivity index (χ0v) is 22.0. The molecule has 1 fully saturated rings. The summed E-state index contributed by atoms with van der Waals surface area (Å²) in [5.41, 5.74) is -0.907. The fraction of sp³-hybridized carbons (Fsp3) is 0.464. The molecule has 1 saturated carbocycles. The number of ether oxygens (including phenoxy) is 1. The van der Waals surface area contributed by atoms with Crippen LogP contribution in [0, 0.1) is 29.1 Å². The van der Waals surface area contributed by atoms with Crippen molar-refractivity contribution in [1.29, 1.82) is 0 Å². The number of carbonyl (C=O) groups is 3. The van der Waals surface area contributed by atoms with Crippen LogP contribution in [0.1, 0.15) is 50.8 Å². The van der Waals surface area contributed by atoms with Crippen molar-refractivity contribution in [2.75, 3.05) is 0 Å². The third kappa shape index (κ3) is 6.63. The summed E-state index contributed by atoms with van der Waals surface area (Å²) >= 11 is 8.13. The fourth-order valence-corrected chi connectivity index (χ4v) is 6.07. The number of benzene rings is 1. The van der Waals surface area contributed by atoms with E-state index < -0.39 is 35.4 Å². The molecule has 1 aromatic heterocycles. The molecule has 0 bridgehead atoms. The van der Waals surface area contributed by atoms with Gasteiger partial charge in [0.1, 0.15) is 5.78 Å². The molecule has 6 nitrogen and oxygen atoms in total. The highest BCUT2D eigenvalue weighted by molar-refractivity contribution is 7.19. The third-order valence-electron chi connectivity index (χ3n) is 6.67. The van der Waals surface area contributed by atoms with E-state index in [1.807, 2.05) is 24.3 Å². The van der Waals surface area contributed by atoms with Crippen LogP contribution in [0.15, 0.2) is 36.4 Å². The normalized spacial score (nSPS) is 21.9. The number of aryl methyl sites for hydroxylation is 1. The molecular formula is C28H31ClO6S. The number of fused-ring (bicyclic) bond motifs is 1. The summed E-state index contributed by atoms with van der Waals surface area (Å²) in [5.74, 6) is 4.35. The van der Waals surface area contributed by atoms with E-state index in [0.29, 0.717) is 25.7 Å². The van der Waals surface area contributed by atoms with E-state index in [1.165, 1.54) is 0 Å². The highest BCUT2D eigenvalue weighted by Gasteiger charge is 2.53. The van der Waals surface area contributed by atoms with E-state index in [9.17, 15) is 24.6 Å². The minimum absolute atomic E-state index is 0.0555. The van der Waals surface area contributed by atoms with Crippen molar-refractivity contribution in [3.8, 4) is 11.8 Å². The second kappa shape index (κ2) is 12.6. The third-order valence-corrected chi connectivity index (χ3v) is 8.45. The van der Waals surface area contributed by atoms with E-state index in [4.69, 9.17) is 11.6 Å². The summed E-state index contributed by atoms with van der Waals surface area (Å²) in [7, 11) is 0. The van der Waals surface area contributed by atoms with Gasteiger partial charge in [-0.3, -0.25) is 14.4 Å². The predicted molar refractivity (Wildman–Crippen MR) is 140 cm³/mol. The molecule has 1 aromatic carbocycles. The van der Waals surface area contributed by atoms with Gasteiger partial charge < -0.3 is 14.9 Å². The van der Waals surface area contributed by atoms with Crippen LogP contribution in [-0.4, -0.2) is 40.6 Å². The minimum atomic E-state index is -0.907. The van der Waals surface area contributed by atoms with Crippen LogP contribution in [0.5, 0.6) is 0 Å².